The summed E-state index contributed by atoms with van der Waals surface area (Å²) in [6.07, 6.45) is -3.57. The van der Waals surface area contributed by atoms with Gasteiger partial charge in [0.2, 0.25) is 0 Å². The standard InChI is InChI=1S/C34H57NO12/c1-13-26-33(8,41)16-24(17-43-22(6)36)27(38)18(2)15-34(9,42-12)30(20(4)28(39)21(5)31(40)46-26)47-32-29(45-23(7)37)25(35(10)11)14-19(3)44-32/h16,18-21,25-26,28-30,32,39,41H,13-15,17H2,1-12H3/b24-16+/t18-,19-,20+,21-,25+,26-,28+,29-,30-,32+,33+,34+/m1/s1. The van der Waals surface area contributed by atoms with E-state index in [9.17, 15) is 29.4 Å². The maximum Gasteiger partial charge on any atom is 0.311 e. The van der Waals surface area contributed by atoms with Crippen LogP contribution in [-0.4, -0.2) is 121 Å². The van der Waals surface area contributed by atoms with E-state index in [4.69, 9.17) is 28.4 Å². The minimum absolute atomic E-state index is 0.0227. The maximum atomic E-state index is 14.0. The Kier molecular flexibility index (Phi) is 14.6. The van der Waals surface area contributed by atoms with E-state index in [-0.39, 0.29) is 30.6 Å². The van der Waals surface area contributed by atoms with E-state index in [1.807, 2.05) is 25.9 Å². The summed E-state index contributed by atoms with van der Waals surface area (Å²) in [7, 11) is 5.19. The molecule has 2 rings (SSSR count). The van der Waals surface area contributed by atoms with Gasteiger partial charge < -0.3 is 43.5 Å². The average molecular weight is 672 g/mol. The van der Waals surface area contributed by atoms with Crippen molar-refractivity contribution in [1.82, 2.24) is 4.90 Å². The molecule has 270 valence electrons. The number of rotatable bonds is 8. The van der Waals surface area contributed by atoms with E-state index in [0.29, 0.717) is 6.42 Å². The Labute approximate surface area is 279 Å². The molecule has 0 aromatic carbocycles. The molecule has 1 fully saturated rings. The fraction of sp³-hybridized carbons (Fsp3) is 0.824. The topological polar surface area (TPSA) is 167 Å². The first-order chi connectivity index (χ1) is 21.7. The first-order valence-electron chi connectivity index (χ1n) is 16.4. The Morgan fingerprint density at radius 3 is 2.21 bits per heavy atom. The number of ether oxygens (including phenoxy) is 6. The summed E-state index contributed by atoms with van der Waals surface area (Å²) in [6.45, 7) is 13.7. The lowest BCUT2D eigenvalue weighted by Gasteiger charge is -2.48. The molecular formula is C34H57NO12. The molecule has 0 aromatic rings. The number of esters is 3. The van der Waals surface area contributed by atoms with Crippen LogP contribution in [0.1, 0.15) is 81.6 Å². The van der Waals surface area contributed by atoms with Crippen LogP contribution in [0.2, 0.25) is 0 Å². The molecule has 2 heterocycles. The maximum absolute atomic E-state index is 14.0. The highest BCUT2D eigenvalue weighted by atomic mass is 16.7. The van der Waals surface area contributed by atoms with E-state index in [2.05, 4.69) is 0 Å². The highest BCUT2D eigenvalue weighted by Gasteiger charge is 2.51. The summed E-state index contributed by atoms with van der Waals surface area (Å²) in [5.41, 5.74) is -3.08. The van der Waals surface area contributed by atoms with E-state index in [1.54, 1.807) is 27.7 Å². The zero-order valence-corrected chi connectivity index (χ0v) is 30.1. The van der Waals surface area contributed by atoms with E-state index >= 15 is 0 Å². The molecule has 0 spiro atoms. The summed E-state index contributed by atoms with van der Waals surface area (Å²) in [6, 6.07) is -0.262. The number of aliphatic hydroxyl groups is 2. The van der Waals surface area contributed by atoms with Crippen molar-refractivity contribution < 1.29 is 57.8 Å². The molecule has 47 heavy (non-hydrogen) atoms. The van der Waals surface area contributed by atoms with Crippen LogP contribution >= 0.6 is 0 Å². The van der Waals surface area contributed by atoms with Gasteiger partial charge in [-0.2, -0.15) is 0 Å². The molecule has 1 saturated heterocycles. The van der Waals surface area contributed by atoms with Crippen LogP contribution in [0.3, 0.4) is 0 Å². The Morgan fingerprint density at radius 1 is 1.09 bits per heavy atom. The number of Topliss-reactive ketones (excluding diaryl/α,β-unsaturated/α-hetero) is 1. The normalized spacial score (nSPS) is 40.5. The third-order valence-electron chi connectivity index (χ3n) is 9.46. The lowest BCUT2D eigenvalue weighted by Crippen LogP contribution is -2.60. The van der Waals surface area contributed by atoms with Gasteiger partial charge in [-0.15, -0.1) is 0 Å². The number of hydrogen-bond acceptors (Lipinski definition) is 13. The lowest BCUT2D eigenvalue weighted by atomic mass is 9.76. The van der Waals surface area contributed by atoms with Crippen molar-refractivity contribution in [3.8, 4) is 0 Å². The fourth-order valence-corrected chi connectivity index (χ4v) is 6.70. The summed E-state index contributed by atoms with van der Waals surface area (Å²) in [4.78, 5) is 53.4. The number of ketones is 1. The van der Waals surface area contributed by atoms with Gasteiger partial charge in [0.1, 0.15) is 18.3 Å². The zero-order chi connectivity index (χ0) is 36.0. The van der Waals surface area contributed by atoms with Gasteiger partial charge in [0, 0.05) is 38.4 Å². The molecule has 0 bridgehead atoms. The molecular weight excluding hydrogens is 614 g/mol. The monoisotopic (exact) mass is 671 g/mol. The van der Waals surface area contributed by atoms with Crippen molar-refractivity contribution in [2.45, 2.75) is 136 Å². The van der Waals surface area contributed by atoms with Gasteiger partial charge in [-0.05, 0) is 67.1 Å². The first kappa shape index (κ1) is 40.8. The summed E-state index contributed by atoms with van der Waals surface area (Å²) < 4.78 is 35.7. The first-order valence-corrected chi connectivity index (χ1v) is 16.4. The molecule has 0 aromatic heterocycles. The van der Waals surface area contributed by atoms with Gasteiger partial charge in [0.15, 0.2) is 18.2 Å². The van der Waals surface area contributed by atoms with Gasteiger partial charge in [0.05, 0.1) is 35.9 Å². The molecule has 0 aliphatic carbocycles. The highest BCUT2D eigenvalue weighted by Crippen LogP contribution is 2.39. The number of methoxy groups -OCH3 is 1. The Bertz CT molecular complexity index is 1140. The number of likely N-dealkylation sites (N-methyl/N-ethyl adjacent to an activating group) is 1. The average Bonchev–Trinajstić information content (AvgIpc) is 2.98. The quantitative estimate of drug-likeness (QED) is 0.286. The highest BCUT2D eigenvalue weighted by molar-refractivity contribution is 5.97. The second-order valence-electron chi connectivity index (χ2n) is 13.8. The smallest absolute Gasteiger partial charge is 0.311 e. The predicted molar refractivity (Wildman–Crippen MR) is 171 cm³/mol. The number of hydrogen-bond donors (Lipinski definition) is 2. The van der Waals surface area contributed by atoms with Crippen LogP contribution in [0.25, 0.3) is 0 Å². The second-order valence-corrected chi connectivity index (χ2v) is 13.8. The number of carbonyl (C=O) groups excluding carboxylic acids is 4. The largest absolute Gasteiger partial charge is 0.461 e. The van der Waals surface area contributed by atoms with Gasteiger partial charge >= 0.3 is 17.9 Å². The van der Waals surface area contributed by atoms with Crippen LogP contribution in [0.4, 0.5) is 0 Å². The van der Waals surface area contributed by atoms with Crippen molar-refractivity contribution in [3.63, 3.8) is 0 Å². The van der Waals surface area contributed by atoms with Crippen molar-refractivity contribution in [3.05, 3.63) is 11.6 Å². The Hall–Kier alpha value is -2.42. The molecule has 0 amide bonds. The molecule has 0 unspecified atom stereocenters. The van der Waals surface area contributed by atoms with Crippen molar-refractivity contribution in [2.75, 3.05) is 27.8 Å². The van der Waals surface area contributed by atoms with Crippen LogP contribution in [0.5, 0.6) is 0 Å². The van der Waals surface area contributed by atoms with Gasteiger partial charge in [-0.1, -0.05) is 20.8 Å². The van der Waals surface area contributed by atoms with Gasteiger partial charge in [0.25, 0.3) is 0 Å². The molecule has 0 saturated carbocycles. The number of aliphatic hydroxyl groups excluding tert-OH is 1. The molecule has 13 heteroatoms. The third-order valence-corrected chi connectivity index (χ3v) is 9.46. The van der Waals surface area contributed by atoms with Crippen LogP contribution in [0.15, 0.2) is 11.6 Å². The number of carbonyl (C=O) groups is 4. The van der Waals surface area contributed by atoms with Crippen LogP contribution < -0.4 is 0 Å². The van der Waals surface area contributed by atoms with E-state index < -0.39 is 90.0 Å². The zero-order valence-electron chi connectivity index (χ0n) is 30.1. The minimum atomic E-state index is -1.81. The van der Waals surface area contributed by atoms with Crippen molar-refractivity contribution in [2.24, 2.45) is 17.8 Å². The summed E-state index contributed by atoms with van der Waals surface area (Å²) in [5.74, 6) is -4.99. The van der Waals surface area contributed by atoms with Gasteiger partial charge in [-0.25, -0.2) is 0 Å². The molecule has 2 N–H and O–H groups in total. The summed E-state index contributed by atoms with van der Waals surface area (Å²) >= 11 is 0. The second kappa shape index (κ2) is 16.8. The van der Waals surface area contributed by atoms with Gasteiger partial charge in [-0.3, -0.25) is 19.2 Å². The van der Waals surface area contributed by atoms with E-state index in [1.165, 1.54) is 40.9 Å². The van der Waals surface area contributed by atoms with Crippen molar-refractivity contribution in [1.29, 1.82) is 0 Å². The van der Waals surface area contributed by atoms with Crippen LogP contribution in [-0.2, 0) is 47.6 Å². The van der Waals surface area contributed by atoms with E-state index in [0.717, 1.165) is 0 Å². The van der Waals surface area contributed by atoms with Crippen LogP contribution in [0, 0.1) is 17.8 Å². The molecule has 2 aliphatic heterocycles. The Balaban J connectivity index is 2.74. The Morgan fingerprint density at radius 2 is 1.70 bits per heavy atom. The minimum Gasteiger partial charge on any atom is -0.461 e. The summed E-state index contributed by atoms with van der Waals surface area (Å²) in [5, 5.41) is 23.1. The number of cyclic esters (lactones) is 1. The third kappa shape index (κ3) is 10.3. The molecule has 12 atom stereocenters. The lowest BCUT2D eigenvalue weighted by molar-refractivity contribution is -0.303. The molecule has 13 nitrogen and oxygen atoms in total. The van der Waals surface area contributed by atoms with Crippen molar-refractivity contribution >= 4 is 23.7 Å². The SMILES string of the molecule is CC[C@H]1OC(=O)[C@H](C)[C@@H](O)[C@H](C)[C@@H](O[C@@H]2O[C@H](C)C[C@H](N(C)C)[C@H]2OC(C)=O)[C@@](C)(OC)C[C@@H](C)C(=O)/C(COC(C)=O)=C/[C@]1(C)O. The number of nitrogens with zero attached hydrogens (tertiary/aromatic N) is 1. The fourth-order valence-electron chi connectivity index (χ4n) is 6.70. The predicted octanol–water partition coefficient (Wildman–Crippen LogP) is 2.58. The molecule has 0 radical (unpaired) electrons. The molecule has 2 aliphatic rings.